The average molecular weight is 477 g/mol. The summed E-state index contributed by atoms with van der Waals surface area (Å²) in [5, 5.41) is 11.0. The maximum absolute atomic E-state index is 9.62. The van der Waals surface area contributed by atoms with Crippen LogP contribution in [0.5, 0.6) is 5.75 Å². The first-order valence-corrected chi connectivity index (χ1v) is 11.3. The first-order valence-electron chi connectivity index (χ1n) is 10.4. The summed E-state index contributed by atoms with van der Waals surface area (Å²) in [5.74, 6) is 0.955. The van der Waals surface area contributed by atoms with Crippen LogP contribution in [0.3, 0.4) is 0 Å². The lowest BCUT2D eigenvalue weighted by Gasteiger charge is -2.27. The van der Waals surface area contributed by atoms with Crippen molar-refractivity contribution in [1.29, 1.82) is 5.26 Å². The van der Waals surface area contributed by atoms with Gasteiger partial charge in [0.2, 0.25) is 5.95 Å². The molecular weight excluding hydrogens is 455 g/mol. The van der Waals surface area contributed by atoms with Crippen molar-refractivity contribution in [3.8, 4) is 22.9 Å². The standard InChI is InChI=1S/C26H22Cl2N4O/c1-26(2,21-12-18(14-29)24(22(28)13-21)33-10-9-27)20-6-3-16(4-7-20)17-5-8-23-19(11-17)15-31-25(30)32-23/h3-8,11-13,15H,9-10H2,1-2H3,(H2,30,31,32). The number of hydrogen-bond acceptors (Lipinski definition) is 5. The number of hydrogen-bond donors (Lipinski definition) is 1. The molecular formula is C26H22Cl2N4O. The summed E-state index contributed by atoms with van der Waals surface area (Å²) in [6.07, 6.45) is 1.73. The molecule has 0 aliphatic carbocycles. The van der Waals surface area contributed by atoms with Crippen molar-refractivity contribution in [3.63, 3.8) is 0 Å². The topological polar surface area (TPSA) is 84.8 Å². The van der Waals surface area contributed by atoms with E-state index in [9.17, 15) is 5.26 Å². The molecule has 0 saturated carbocycles. The Morgan fingerprint density at radius 1 is 1.03 bits per heavy atom. The van der Waals surface area contributed by atoms with Gasteiger partial charge in [0, 0.05) is 17.0 Å². The minimum absolute atomic E-state index is 0.264. The molecule has 33 heavy (non-hydrogen) atoms. The summed E-state index contributed by atoms with van der Waals surface area (Å²) in [5.41, 5.74) is 10.7. The fraction of sp³-hybridized carbons (Fsp3) is 0.192. The van der Waals surface area contributed by atoms with Gasteiger partial charge in [0.25, 0.3) is 0 Å². The van der Waals surface area contributed by atoms with Crippen LogP contribution in [-0.2, 0) is 5.41 Å². The summed E-state index contributed by atoms with van der Waals surface area (Å²) in [6.45, 7) is 4.49. The Kier molecular flexibility index (Phi) is 6.42. The van der Waals surface area contributed by atoms with Crippen LogP contribution >= 0.6 is 23.2 Å². The monoisotopic (exact) mass is 476 g/mol. The van der Waals surface area contributed by atoms with Crippen LogP contribution in [0.15, 0.2) is 60.8 Å². The van der Waals surface area contributed by atoms with Gasteiger partial charge >= 0.3 is 0 Å². The molecule has 0 amide bonds. The number of aromatic nitrogens is 2. The maximum atomic E-state index is 9.62. The van der Waals surface area contributed by atoms with Crippen LogP contribution < -0.4 is 10.5 Å². The van der Waals surface area contributed by atoms with E-state index >= 15 is 0 Å². The lowest BCUT2D eigenvalue weighted by molar-refractivity contribution is 0.341. The van der Waals surface area contributed by atoms with Gasteiger partial charge in [-0.25, -0.2) is 9.97 Å². The van der Waals surface area contributed by atoms with E-state index in [1.165, 1.54) is 0 Å². The average Bonchev–Trinajstić information content (AvgIpc) is 2.82. The molecule has 0 radical (unpaired) electrons. The molecule has 0 atom stereocenters. The SMILES string of the molecule is CC(C)(c1ccc(-c2ccc3nc(N)ncc3c2)cc1)c1cc(Cl)c(OCCCl)c(C#N)c1. The van der Waals surface area contributed by atoms with Crippen molar-refractivity contribution in [3.05, 3.63) is 82.5 Å². The Labute approximate surface area is 202 Å². The minimum atomic E-state index is -0.381. The molecule has 1 aromatic heterocycles. The molecule has 5 nitrogen and oxygen atoms in total. The van der Waals surface area contributed by atoms with Gasteiger partial charge in [0.1, 0.15) is 12.7 Å². The second-order valence-corrected chi connectivity index (χ2v) is 8.97. The quantitative estimate of drug-likeness (QED) is 0.327. The molecule has 2 N–H and O–H groups in total. The van der Waals surface area contributed by atoms with E-state index in [1.54, 1.807) is 6.20 Å². The fourth-order valence-electron chi connectivity index (χ4n) is 3.80. The van der Waals surface area contributed by atoms with Gasteiger partial charge < -0.3 is 10.5 Å². The van der Waals surface area contributed by atoms with Crippen LogP contribution in [0, 0.1) is 11.3 Å². The molecule has 0 fully saturated rings. The number of benzene rings is 3. The lowest BCUT2D eigenvalue weighted by Crippen LogP contribution is -2.19. The predicted molar refractivity (Wildman–Crippen MR) is 134 cm³/mol. The number of alkyl halides is 1. The van der Waals surface area contributed by atoms with E-state index in [-0.39, 0.29) is 18.0 Å². The molecule has 4 aromatic rings. The van der Waals surface area contributed by atoms with E-state index < -0.39 is 0 Å². The third-order valence-electron chi connectivity index (χ3n) is 5.75. The Bertz CT molecular complexity index is 1360. The fourth-order valence-corrected chi connectivity index (χ4v) is 4.15. The predicted octanol–water partition coefficient (Wildman–Crippen LogP) is 6.35. The molecule has 166 valence electrons. The van der Waals surface area contributed by atoms with E-state index in [4.69, 9.17) is 33.7 Å². The number of nitrogens with two attached hydrogens (primary N) is 1. The highest BCUT2D eigenvalue weighted by molar-refractivity contribution is 6.32. The van der Waals surface area contributed by atoms with Crippen molar-refractivity contribution in [1.82, 2.24) is 9.97 Å². The number of nitrogen functional groups attached to an aromatic ring is 1. The Morgan fingerprint density at radius 3 is 2.45 bits per heavy atom. The van der Waals surface area contributed by atoms with Gasteiger partial charge in [-0.2, -0.15) is 5.26 Å². The van der Waals surface area contributed by atoms with Crippen molar-refractivity contribution >= 4 is 40.1 Å². The zero-order chi connectivity index (χ0) is 23.6. The first-order chi connectivity index (χ1) is 15.8. The summed E-state index contributed by atoms with van der Waals surface area (Å²) in [6, 6.07) is 20.2. The van der Waals surface area contributed by atoms with Crippen LogP contribution in [0.25, 0.3) is 22.0 Å². The van der Waals surface area contributed by atoms with Crippen molar-refractivity contribution in [2.75, 3.05) is 18.2 Å². The largest absolute Gasteiger partial charge is 0.489 e. The molecule has 0 aliphatic heterocycles. The number of rotatable bonds is 6. The second kappa shape index (κ2) is 9.27. The molecule has 0 saturated heterocycles. The van der Waals surface area contributed by atoms with Gasteiger partial charge in [0.05, 0.1) is 22.0 Å². The highest BCUT2D eigenvalue weighted by Gasteiger charge is 2.26. The lowest BCUT2D eigenvalue weighted by atomic mass is 9.77. The van der Waals surface area contributed by atoms with Gasteiger partial charge in [0.15, 0.2) is 5.75 Å². The van der Waals surface area contributed by atoms with Gasteiger partial charge in [-0.15, -0.1) is 11.6 Å². The minimum Gasteiger partial charge on any atom is -0.489 e. The number of ether oxygens (including phenoxy) is 1. The maximum Gasteiger partial charge on any atom is 0.220 e. The summed E-state index contributed by atoms with van der Waals surface area (Å²) < 4.78 is 5.58. The highest BCUT2D eigenvalue weighted by atomic mass is 35.5. The third-order valence-corrected chi connectivity index (χ3v) is 6.18. The van der Waals surface area contributed by atoms with Gasteiger partial charge in [-0.05, 0) is 46.5 Å². The second-order valence-electron chi connectivity index (χ2n) is 8.19. The summed E-state index contributed by atoms with van der Waals surface area (Å²) >= 11 is 12.2. The number of fused-ring (bicyclic) bond motifs is 1. The first kappa shape index (κ1) is 22.8. The Hall–Kier alpha value is -3.33. The molecule has 0 bridgehead atoms. The zero-order valence-corrected chi connectivity index (χ0v) is 19.8. The van der Waals surface area contributed by atoms with Crippen LogP contribution in [0.4, 0.5) is 5.95 Å². The van der Waals surface area contributed by atoms with E-state index in [2.05, 4.69) is 54.2 Å². The van der Waals surface area contributed by atoms with Crippen molar-refractivity contribution < 1.29 is 4.74 Å². The number of nitriles is 1. The van der Waals surface area contributed by atoms with E-state index in [0.29, 0.717) is 22.2 Å². The van der Waals surface area contributed by atoms with Crippen LogP contribution in [0.2, 0.25) is 5.02 Å². The van der Waals surface area contributed by atoms with Crippen molar-refractivity contribution in [2.45, 2.75) is 19.3 Å². The molecule has 4 rings (SSSR count). The van der Waals surface area contributed by atoms with Gasteiger partial charge in [-0.1, -0.05) is 55.8 Å². The Morgan fingerprint density at radius 2 is 1.76 bits per heavy atom. The van der Waals surface area contributed by atoms with Crippen LogP contribution in [0.1, 0.15) is 30.5 Å². The normalized spacial score (nSPS) is 11.4. The third kappa shape index (κ3) is 4.59. The van der Waals surface area contributed by atoms with E-state index in [1.807, 2.05) is 30.3 Å². The molecule has 1 heterocycles. The Balaban J connectivity index is 1.66. The number of nitrogens with zero attached hydrogens (tertiary/aromatic N) is 3. The summed E-state index contributed by atoms with van der Waals surface area (Å²) in [4.78, 5) is 8.34. The molecule has 7 heteroatoms. The number of halogens is 2. The smallest absolute Gasteiger partial charge is 0.220 e. The number of anilines is 1. The molecule has 0 aliphatic rings. The van der Waals surface area contributed by atoms with Crippen LogP contribution in [-0.4, -0.2) is 22.5 Å². The molecule has 3 aromatic carbocycles. The zero-order valence-electron chi connectivity index (χ0n) is 18.3. The van der Waals surface area contributed by atoms with Gasteiger partial charge in [-0.3, -0.25) is 0 Å². The molecule has 0 spiro atoms. The highest BCUT2D eigenvalue weighted by Crippen LogP contribution is 2.38. The summed E-state index contributed by atoms with van der Waals surface area (Å²) in [7, 11) is 0. The van der Waals surface area contributed by atoms with E-state index in [0.717, 1.165) is 33.2 Å². The molecule has 0 unspecified atom stereocenters. The van der Waals surface area contributed by atoms with Crippen molar-refractivity contribution in [2.24, 2.45) is 0 Å².